The summed E-state index contributed by atoms with van der Waals surface area (Å²) < 4.78 is 1.65. The molecule has 2 N–H and O–H groups in total. The maximum atomic E-state index is 12.4. The van der Waals surface area contributed by atoms with E-state index in [2.05, 4.69) is 15.3 Å². The van der Waals surface area contributed by atoms with Crippen molar-refractivity contribution >= 4 is 33.4 Å². The number of nitrogens with one attached hydrogen (secondary N) is 2. The molecule has 0 spiro atoms. The molecule has 6 nitrogen and oxygen atoms in total. The summed E-state index contributed by atoms with van der Waals surface area (Å²) in [6.07, 6.45) is 6.46. The fourth-order valence-electron chi connectivity index (χ4n) is 3.36. The number of hydrogen-bond acceptors (Lipinski definition) is 3. The number of nitrogens with zero attached hydrogens (tertiary/aromatic N) is 2. The standard InChI is InChI=1S/C22H22N4O2/c27-21(25-17-9-10-19-16(14-17)11-12-23-19)8-2-1-5-13-26-15-24-20-7-4-3-6-18(20)22(26)28/h3-4,6-7,9-12,14-15,23H,1-2,5,8,13H2,(H,25,27). The van der Waals surface area contributed by atoms with Gasteiger partial charge in [0.1, 0.15) is 0 Å². The summed E-state index contributed by atoms with van der Waals surface area (Å²) in [6, 6.07) is 15.2. The van der Waals surface area contributed by atoms with Crippen LogP contribution in [0, 0.1) is 0 Å². The van der Waals surface area contributed by atoms with Crippen LogP contribution >= 0.6 is 0 Å². The second-order valence-corrected chi connectivity index (χ2v) is 6.90. The molecule has 28 heavy (non-hydrogen) atoms. The molecule has 142 valence electrons. The molecular weight excluding hydrogens is 352 g/mol. The number of aromatic amines is 1. The molecule has 4 rings (SSSR count). The van der Waals surface area contributed by atoms with Crippen molar-refractivity contribution in [3.8, 4) is 0 Å². The monoisotopic (exact) mass is 374 g/mol. The van der Waals surface area contributed by atoms with Gasteiger partial charge in [-0.2, -0.15) is 0 Å². The third-order valence-electron chi connectivity index (χ3n) is 4.87. The second-order valence-electron chi connectivity index (χ2n) is 6.90. The molecule has 0 aliphatic carbocycles. The summed E-state index contributed by atoms with van der Waals surface area (Å²) >= 11 is 0. The van der Waals surface area contributed by atoms with Crippen LogP contribution in [0.4, 0.5) is 5.69 Å². The first-order chi connectivity index (χ1) is 13.7. The number of fused-ring (bicyclic) bond motifs is 2. The van der Waals surface area contributed by atoms with Crippen molar-refractivity contribution < 1.29 is 4.79 Å². The molecule has 0 saturated carbocycles. The smallest absolute Gasteiger partial charge is 0.261 e. The van der Waals surface area contributed by atoms with Crippen LogP contribution in [-0.4, -0.2) is 20.4 Å². The number of H-pyrrole nitrogens is 1. The number of anilines is 1. The van der Waals surface area contributed by atoms with Gasteiger partial charge >= 0.3 is 0 Å². The highest BCUT2D eigenvalue weighted by molar-refractivity contribution is 5.93. The number of para-hydroxylation sites is 1. The van der Waals surface area contributed by atoms with E-state index in [0.717, 1.165) is 41.4 Å². The lowest BCUT2D eigenvalue weighted by Crippen LogP contribution is -2.20. The molecule has 2 aromatic carbocycles. The third-order valence-corrected chi connectivity index (χ3v) is 4.87. The van der Waals surface area contributed by atoms with Crippen molar-refractivity contribution in [2.75, 3.05) is 5.32 Å². The average molecular weight is 374 g/mol. The molecule has 0 fully saturated rings. The molecule has 2 heterocycles. The fraction of sp³-hybridized carbons (Fsp3) is 0.227. The Bertz CT molecular complexity index is 1180. The zero-order valence-electron chi connectivity index (χ0n) is 15.5. The lowest BCUT2D eigenvalue weighted by molar-refractivity contribution is -0.116. The summed E-state index contributed by atoms with van der Waals surface area (Å²) in [7, 11) is 0. The highest BCUT2D eigenvalue weighted by atomic mass is 16.1. The first-order valence-electron chi connectivity index (χ1n) is 9.52. The Hall–Kier alpha value is -3.41. The molecule has 0 aliphatic heterocycles. The number of aryl methyl sites for hydroxylation is 1. The van der Waals surface area contributed by atoms with Crippen LogP contribution < -0.4 is 10.9 Å². The molecule has 0 unspecified atom stereocenters. The average Bonchev–Trinajstić information content (AvgIpc) is 3.17. The van der Waals surface area contributed by atoms with E-state index in [4.69, 9.17) is 0 Å². The summed E-state index contributed by atoms with van der Waals surface area (Å²) in [4.78, 5) is 32.0. The number of carbonyl (C=O) groups excluding carboxylic acids is 1. The predicted octanol–water partition coefficient (Wildman–Crippen LogP) is 4.08. The second kappa shape index (κ2) is 8.08. The van der Waals surface area contributed by atoms with Crippen molar-refractivity contribution in [1.82, 2.24) is 14.5 Å². The van der Waals surface area contributed by atoms with Gasteiger partial charge in [0.15, 0.2) is 0 Å². The Morgan fingerprint density at radius 2 is 1.96 bits per heavy atom. The van der Waals surface area contributed by atoms with E-state index < -0.39 is 0 Å². The summed E-state index contributed by atoms with van der Waals surface area (Å²) in [5, 5.41) is 4.66. The van der Waals surface area contributed by atoms with Crippen molar-refractivity contribution in [3.63, 3.8) is 0 Å². The van der Waals surface area contributed by atoms with Crippen LogP contribution in [0.5, 0.6) is 0 Å². The van der Waals surface area contributed by atoms with Gasteiger partial charge < -0.3 is 10.3 Å². The molecule has 2 aromatic heterocycles. The predicted molar refractivity (Wildman–Crippen MR) is 111 cm³/mol. The Labute approximate surface area is 162 Å². The first-order valence-corrected chi connectivity index (χ1v) is 9.52. The normalized spacial score (nSPS) is 11.1. The van der Waals surface area contributed by atoms with E-state index in [0.29, 0.717) is 18.4 Å². The molecule has 0 atom stereocenters. The zero-order valence-corrected chi connectivity index (χ0v) is 15.5. The van der Waals surface area contributed by atoms with Gasteiger partial charge in [-0.1, -0.05) is 18.6 Å². The van der Waals surface area contributed by atoms with Gasteiger partial charge in [0, 0.05) is 35.8 Å². The molecule has 1 amide bonds. The van der Waals surface area contributed by atoms with Crippen LogP contribution in [0.25, 0.3) is 21.8 Å². The topological polar surface area (TPSA) is 79.8 Å². The van der Waals surface area contributed by atoms with Crippen LogP contribution in [0.2, 0.25) is 0 Å². The molecular formula is C22H22N4O2. The maximum absolute atomic E-state index is 12.4. The summed E-state index contributed by atoms with van der Waals surface area (Å²) in [6.45, 7) is 0.614. The Kier molecular flexibility index (Phi) is 5.19. The van der Waals surface area contributed by atoms with Crippen LogP contribution in [0.15, 0.2) is 65.8 Å². The highest BCUT2D eigenvalue weighted by Gasteiger charge is 2.05. The van der Waals surface area contributed by atoms with Gasteiger partial charge in [-0.15, -0.1) is 0 Å². The highest BCUT2D eigenvalue weighted by Crippen LogP contribution is 2.18. The number of hydrogen-bond donors (Lipinski definition) is 2. The minimum atomic E-state index is -0.0107. The van der Waals surface area contributed by atoms with Crippen molar-refractivity contribution in [3.05, 3.63) is 71.4 Å². The summed E-state index contributed by atoms with van der Waals surface area (Å²) in [5.74, 6) is 0.0134. The van der Waals surface area contributed by atoms with E-state index >= 15 is 0 Å². The molecule has 6 heteroatoms. The van der Waals surface area contributed by atoms with Gasteiger partial charge in [0.25, 0.3) is 5.56 Å². The number of unbranched alkanes of at least 4 members (excludes halogenated alkanes) is 2. The van der Waals surface area contributed by atoms with Gasteiger partial charge in [-0.3, -0.25) is 14.2 Å². The van der Waals surface area contributed by atoms with E-state index in [9.17, 15) is 9.59 Å². The Morgan fingerprint density at radius 1 is 1.07 bits per heavy atom. The Balaban J connectivity index is 1.24. The molecule has 4 aromatic rings. The van der Waals surface area contributed by atoms with Crippen LogP contribution in [0.1, 0.15) is 25.7 Å². The lowest BCUT2D eigenvalue weighted by atomic mass is 10.1. The van der Waals surface area contributed by atoms with Gasteiger partial charge in [0.2, 0.25) is 5.91 Å². The third kappa shape index (κ3) is 3.96. The van der Waals surface area contributed by atoms with E-state index in [1.807, 2.05) is 48.7 Å². The fourth-order valence-corrected chi connectivity index (χ4v) is 3.36. The molecule has 0 radical (unpaired) electrons. The molecule has 0 aliphatic rings. The first kappa shape index (κ1) is 18.0. The van der Waals surface area contributed by atoms with Gasteiger partial charge in [0.05, 0.1) is 17.2 Å². The SMILES string of the molecule is O=C(CCCCCn1cnc2ccccc2c1=O)Nc1ccc2[nH]ccc2c1. The van der Waals surface area contributed by atoms with Crippen LogP contribution in [0.3, 0.4) is 0 Å². The number of amides is 1. The van der Waals surface area contributed by atoms with E-state index in [1.165, 1.54) is 0 Å². The number of rotatable bonds is 7. The van der Waals surface area contributed by atoms with Crippen LogP contribution in [-0.2, 0) is 11.3 Å². The molecule has 0 saturated heterocycles. The van der Waals surface area contributed by atoms with Crippen molar-refractivity contribution in [2.45, 2.75) is 32.2 Å². The van der Waals surface area contributed by atoms with Crippen molar-refractivity contribution in [1.29, 1.82) is 0 Å². The quantitative estimate of drug-likeness (QED) is 0.479. The maximum Gasteiger partial charge on any atom is 0.261 e. The zero-order chi connectivity index (χ0) is 19.3. The Morgan fingerprint density at radius 3 is 2.89 bits per heavy atom. The van der Waals surface area contributed by atoms with E-state index in [-0.39, 0.29) is 11.5 Å². The number of carbonyl (C=O) groups is 1. The summed E-state index contributed by atoms with van der Waals surface area (Å²) in [5.41, 5.74) is 2.57. The van der Waals surface area contributed by atoms with Crippen molar-refractivity contribution in [2.24, 2.45) is 0 Å². The number of aromatic nitrogens is 3. The molecule has 0 bridgehead atoms. The largest absolute Gasteiger partial charge is 0.361 e. The van der Waals surface area contributed by atoms with Gasteiger partial charge in [-0.25, -0.2) is 4.98 Å². The van der Waals surface area contributed by atoms with Gasteiger partial charge in [-0.05, 0) is 49.2 Å². The number of benzene rings is 2. The lowest BCUT2D eigenvalue weighted by Gasteiger charge is -2.07. The van der Waals surface area contributed by atoms with E-state index in [1.54, 1.807) is 17.0 Å². The minimum absolute atomic E-state index is 0.0107. The minimum Gasteiger partial charge on any atom is -0.361 e.